The Hall–Kier alpha value is -2.45. The molecule has 30 heavy (non-hydrogen) atoms. The highest BCUT2D eigenvalue weighted by molar-refractivity contribution is 7.21. The van der Waals surface area contributed by atoms with Gasteiger partial charge in [0.15, 0.2) is 10.8 Å². The van der Waals surface area contributed by atoms with Crippen LogP contribution in [0.3, 0.4) is 0 Å². The number of aromatic nitrogens is 1. The number of hydrogen-bond acceptors (Lipinski definition) is 7. The molecule has 3 aromatic heterocycles. The van der Waals surface area contributed by atoms with E-state index in [1.165, 1.54) is 4.70 Å². The summed E-state index contributed by atoms with van der Waals surface area (Å²) >= 11 is 1.65. The lowest BCUT2D eigenvalue weighted by Crippen LogP contribution is -2.42. The number of ether oxygens (including phenoxy) is 1. The fourth-order valence-electron chi connectivity index (χ4n) is 3.83. The maximum atomic E-state index is 6.06. The first-order valence-electron chi connectivity index (χ1n) is 10.3. The molecule has 1 fully saturated rings. The molecule has 7 heteroatoms. The fraction of sp³-hybridized carbons (Fsp3) is 0.348. The first-order valence-corrected chi connectivity index (χ1v) is 11.1. The van der Waals surface area contributed by atoms with Crippen molar-refractivity contribution in [3.63, 3.8) is 0 Å². The summed E-state index contributed by atoms with van der Waals surface area (Å²) in [5.41, 5.74) is 1.01. The molecule has 0 spiro atoms. The average Bonchev–Trinajstić information content (AvgIpc) is 3.51. The number of rotatable bonds is 7. The maximum Gasteiger partial charge on any atom is 0.163 e. The molecule has 1 atom stereocenters. The van der Waals surface area contributed by atoms with Crippen molar-refractivity contribution in [2.24, 2.45) is 0 Å². The zero-order valence-electron chi connectivity index (χ0n) is 17.0. The predicted octanol–water partition coefficient (Wildman–Crippen LogP) is 4.62. The van der Waals surface area contributed by atoms with Crippen molar-refractivity contribution in [3.05, 3.63) is 65.8 Å². The van der Waals surface area contributed by atoms with E-state index in [-0.39, 0.29) is 6.04 Å². The summed E-state index contributed by atoms with van der Waals surface area (Å²) in [5, 5.41) is 4.46. The van der Waals surface area contributed by atoms with Crippen molar-refractivity contribution in [1.82, 2.24) is 15.2 Å². The van der Waals surface area contributed by atoms with Crippen LogP contribution in [0.5, 0.6) is 0 Å². The van der Waals surface area contributed by atoms with Gasteiger partial charge in [-0.15, -0.1) is 11.3 Å². The summed E-state index contributed by atoms with van der Waals surface area (Å²) in [7, 11) is 0. The molecular weight excluding hydrogens is 398 g/mol. The first kappa shape index (κ1) is 19.5. The highest BCUT2D eigenvalue weighted by Crippen LogP contribution is 2.31. The minimum absolute atomic E-state index is 0.182. The number of para-hydroxylation sites is 1. The number of benzene rings is 1. The third-order valence-electron chi connectivity index (χ3n) is 5.38. The highest BCUT2D eigenvalue weighted by atomic mass is 32.1. The van der Waals surface area contributed by atoms with E-state index in [9.17, 15) is 0 Å². The first-order chi connectivity index (χ1) is 14.8. The Labute approximate surface area is 179 Å². The summed E-state index contributed by atoms with van der Waals surface area (Å²) in [5.74, 6) is 3.66. The van der Waals surface area contributed by atoms with Gasteiger partial charge < -0.3 is 18.9 Å². The van der Waals surface area contributed by atoms with Crippen molar-refractivity contribution in [2.45, 2.75) is 19.5 Å². The van der Waals surface area contributed by atoms with Crippen LogP contribution >= 0.6 is 11.3 Å². The smallest absolute Gasteiger partial charge is 0.163 e. The number of thiazole rings is 1. The molecule has 1 unspecified atom stereocenters. The largest absolute Gasteiger partial charge is 0.465 e. The second-order valence-corrected chi connectivity index (χ2v) is 8.53. The Morgan fingerprint density at radius 1 is 1.07 bits per heavy atom. The lowest BCUT2D eigenvalue weighted by atomic mass is 10.1. The minimum Gasteiger partial charge on any atom is -0.465 e. The molecular formula is C23H25N3O3S. The molecule has 4 heterocycles. The van der Waals surface area contributed by atoms with E-state index < -0.39 is 0 Å². The van der Waals surface area contributed by atoms with Crippen molar-refractivity contribution < 1.29 is 13.6 Å². The molecule has 1 aliphatic heterocycles. The Morgan fingerprint density at radius 2 is 1.93 bits per heavy atom. The van der Waals surface area contributed by atoms with E-state index in [1.54, 1.807) is 11.3 Å². The van der Waals surface area contributed by atoms with Gasteiger partial charge in [0.25, 0.3) is 0 Å². The molecule has 1 saturated heterocycles. The van der Waals surface area contributed by atoms with E-state index in [0.717, 1.165) is 66.4 Å². The molecule has 0 aliphatic carbocycles. The lowest BCUT2D eigenvalue weighted by molar-refractivity contribution is 0.0114. The molecule has 1 aliphatic rings. The zero-order chi connectivity index (χ0) is 20.3. The summed E-state index contributed by atoms with van der Waals surface area (Å²) in [4.78, 5) is 7.10. The third-order valence-corrected chi connectivity index (χ3v) is 6.43. The lowest BCUT2D eigenvalue weighted by Gasteiger charge is -2.33. The van der Waals surface area contributed by atoms with Gasteiger partial charge in [0.05, 0.1) is 36.0 Å². The normalized spacial score (nSPS) is 16.3. The van der Waals surface area contributed by atoms with Crippen LogP contribution in [-0.2, 0) is 11.3 Å². The van der Waals surface area contributed by atoms with Crippen LogP contribution in [0.1, 0.15) is 23.3 Å². The average molecular weight is 424 g/mol. The SMILES string of the molecule is Cc1ccc(C(CNCc2ccc(-c3nc4ccccc4s3)o2)N2CCOCC2)o1. The van der Waals surface area contributed by atoms with E-state index >= 15 is 0 Å². The molecule has 4 aromatic rings. The molecule has 0 saturated carbocycles. The van der Waals surface area contributed by atoms with Gasteiger partial charge in [0, 0.05) is 19.6 Å². The Morgan fingerprint density at radius 3 is 2.73 bits per heavy atom. The maximum absolute atomic E-state index is 6.06. The molecule has 0 radical (unpaired) electrons. The van der Waals surface area contributed by atoms with Crippen LogP contribution in [0, 0.1) is 6.92 Å². The zero-order valence-corrected chi connectivity index (χ0v) is 17.8. The van der Waals surface area contributed by atoms with E-state index in [1.807, 2.05) is 43.3 Å². The van der Waals surface area contributed by atoms with E-state index in [2.05, 4.69) is 27.3 Å². The summed E-state index contributed by atoms with van der Waals surface area (Å²) in [6, 6.07) is 16.5. The second-order valence-electron chi connectivity index (χ2n) is 7.50. The van der Waals surface area contributed by atoms with Crippen LogP contribution in [0.4, 0.5) is 0 Å². The van der Waals surface area contributed by atoms with Gasteiger partial charge in [-0.25, -0.2) is 4.98 Å². The molecule has 5 rings (SSSR count). The van der Waals surface area contributed by atoms with E-state index in [0.29, 0.717) is 6.54 Å². The molecule has 1 N–H and O–H groups in total. The Bertz CT molecular complexity index is 1080. The topological polar surface area (TPSA) is 63.7 Å². The van der Waals surface area contributed by atoms with Gasteiger partial charge in [-0.3, -0.25) is 4.90 Å². The highest BCUT2D eigenvalue weighted by Gasteiger charge is 2.25. The Balaban J connectivity index is 1.25. The van der Waals surface area contributed by atoms with Crippen LogP contribution in [0.25, 0.3) is 21.0 Å². The number of nitrogens with one attached hydrogen (secondary N) is 1. The molecule has 0 amide bonds. The fourth-order valence-corrected chi connectivity index (χ4v) is 4.76. The van der Waals surface area contributed by atoms with Crippen LogP contribution in [0.15, 0.2) is 57.4 Å². The number of nitrogens with zero attached hydrogens (tertiary/aromatic N) is 2. The predicted molar refractivity (Wildman–Crippen MR) is 118 cm³/mol. The van der Waals surface area contributed by atoms with Gasteiger partial charge in [0.1, 0.15) is 17.3 Å². The van der Waals surface area contributed by atoms with Crippen molar-refractivity contribution >= 4 is 21.6 Å². The van der Waals surface area contributed by atoms with Crippen molar-refractivity contribution in [3.8, 4) is 10.8 Å². The number of fused-ring (bicyclic) bond motifs is 1. The summed E-state index contributed by atoms with van der Waals surface area (Å²) in [6.07, 6.45) is 0. The summed E-state index contributed by atoms with van der Waals surface area (Å²) < 4.78 is 18.7. The van der Waals surface area contributed by atoms with Crippen LogP contribution in [0.2, 0.25) is 0 Å². The number of hydrogen-bond donors (Lipinski definition) is 1. The third kappa shape index (κ3) is 4.20. The van der Waals surface area contributed by atoms with Crippen molar-refractivity contribution in [2.75, 3.05) is 32.8 Å². The Kier molecular flexibility index (Phi) is 5.68. The van der Waals surface area contributed by atoms with Gasteiger partial charge in [-0.1, -0.05) is 12.1 Å². The standard InChI is InChI=1S/C23H25N3O3S/c1-16-6-8-20(28-16)19(26-10-12-27-13-11-26)15-24-14-17-7-9-21(29-17)23-25-18-4-2-3-5-22(18)30-23/h2-9,19,24H,10-15H2,1H3. The van der Waals surface area contributed by atoms with E-state index in [4.69, 9.17) is 13.6 Å². The minimum atomic E-state index is 0.182. The van der Waals surface area contributed by atoms with Gasteiger partial charge in [-0.2, -0.15) is 0 Å². The van der Waals surface area contributed by atoms with Crippen LogP contribution < -0.4 is 5.32 Å². The molecule has 0 bridgehead atoms. The number of morpholine rings is 1. The quantitative estimate of drug-likeness (QED) is 0.468. The van der Waals surface area contributed by atoms with Gasteiger partial charge in [0.2, 0.25) is 0 Å². The number of furan rings is 2. The van der Waals surface area contributed by atoms with Crippen molar-refractivity contribution in [1.29, 1.82) is 0 Å². The van der Waals surface area contributed by atoms with Gasteiger partial charge >= 0.3 is 0 Å². The van der Waals surface area contributed by atoms with Gasteiger partial charge in [-0.05, 0) is 43.3 Å². The molecule has 1 aromatic carbocycles. The molecule has 6 nitrogen and oxygen atoms in total. The molecule has 156 valence electrons. The monoisotopic (exact) mass is 423 g/mol. The second kappa shape index (κ2) is 8.73. The number of aryl methyl sites for hydroxylation is 1. The summed E-state index contributed by atoms with van der Waals surface area (Å²) in [6.45, 7) is 6.78. The van der Waals surface area contributed by atoms with Crippen LogP contribution in [-0.4, -0.2) is 42.7 Å².